The number of hydrogen-bond donors (Lipinski definition) is 2. The maximum atomic E-state index is 10.7. The van der Waals surface area contributed by atoms with Crippen molar-refractivity contribution in [3.05, 3.63) is 11.6 Å². The molecule has 78 valence electrons. The Balaban J connectivity index is 2.77. The summed E-state index contributed by atoms with van der Waals surface area (Å²) in [5, 5.41) is 17.5. The van der Waals surface area contributed by atoms with Gasteiger partial charge >= 0.3 is 11.9 Å². The van der Waals surface area contributed by atoms with Gasteiger partial charge in [0.15, 0.2) is 5.92 Å². The molecule has 0 saturated heterocycles. The first-order valence-electron chi connectivity index (χ1n) is 4.68. The predicted molar refractivity (Wildman–Crippen MR) is 49.9 cm³/mol. The molecule has 0 aromatic rings. The highest BCUT2D eigenvalue weighted by Gasteiger charge is 2.34. The highest BCUT2D eigenvalue weighted by atomic mass is 16.4. The Morgan fingerprint density at radius 2 is 1.93 bits per heavy atom. The van der Waals surface area contributed by atoms with E-state index in [0.717, 1.165) is 24.8 Å². The zero-order chi connectivity index (χ0) is 10.7. The van der Waals surface area contributed by atoms with Crippen LogP contribution in [0.4, 0.5) is 0 Å². The van der Waals surface area contributed by atoms with Gasteiger partial charge in [0.25, 0.3) is 0 Å². The van der Waals surface area contributed by atoms with Crippen molar-refractivity contribution in [3.8, 4) is 0 Å². The van der Waals surface area contributed by atoms with Crippen molar-refractivity contribution in [1.82, 2.24) is 0 Å². The Bertz CT molecular complexity index is 266. The molecular formula is C10H14O4. The van der Waals surface area contributed by atoms with E-state index in [1.807, 2.05) is 6.08 Å². The first-order valence-corrected chi connectivity index (χ1v) is 4.68. The van der Waals surface area contributed by atoms with Crippen molar-refractivity contribution in [1.29, 1.82) is 0 Å². The Morgan fingerprint density at radius 1 is 1.36 bits per heavy atom. The number of rotatable bonds is 4. The van der Waals surface area contributed by atoms with Crippen molar-refractivity contribution >= 4 is 11.9 Å². The van der Waals surface area contributed by atoms with Gasteiger partial charge in [-0.1, -0.05) is 18.6 Å². The third-order valence-electron chi connectivity index (χ3n) is 2.69. The van der Waals surface area contributed by atoms with Crippen LogP contribution < -0.4 is 0 Å². The van der Waals surface area contributed by atoms with E-state index in [9.17, 15) is 9.59 Å². The zero-order valence-electron chi connectivity index (χ0n) is 8.06. The average Bonchev–Trinajstić information content (AvgIpc) is 2.53. The molecule has 0 aromatic heterocycles. The van der Waals surface area contributed by atoms with E-state index in [-0.39, 0.29) is 0 Å². The van der Waals surface area contributed by atoms with Crippen molar-refractivity contribution in [2.45, 2.75) is 26.2 Å². The van der Waals surface area contributed by atoms with Crippen LogP contribution in [0.5, 0.6) is 0 Å². The van der Waals surface area contributed by atoms with Gasteiger partial charge in [0, 0.05) is 5.92 Å². The lowest BCUT2D eigenvalue weighted by Crippen LogP contribution is -2.30. The molecule has 1 atom stereocenters. The maximum Gasteiger partial charge on any atom is 0.318 e. The first kappa shape index (κ1) is 10.8. The van der Waals surface area contributed by atoms with Crippen molar-refractivity contribution in [2.24, 2.45) is 11.8 Å². The molecule has 0 fully saturated rings. The van der Waals surface area contributed by atoms with Crippen LogP contribution >= 0.6 is 0 Å². The van der Waals surface area contributed by atoms with Crippen LogP contribution in [-0.4, -0.2) is 22.2 Å². The quantitative estimate of drug-likeness (QED) is 0.530. The van der Waals surface area contributed by atoms with Gasteiger partial charge < -0.3 is 10.2 Å². The highest BCUT2D eigenvalue weighted by Crippen LogP contribution is 2.30. The Labute approximate surface area is 82.2 Å². The molecule has 0 bridgehead atoms. The summed E-state index contributed by atoms with van der Waals surface area (Å²) < 4.78 is 0. The van der Waals surface area contributed by atoms with Gasteiger partial charge in [-0.05, 0) is 19.3 Å². The molecule has 0 heterocycles. The summed E-state index contributed by atoms with van der Waals surface area (Å²) in [7, 11) is 0. The van der Waals surface area contributed by atoms with E-state index in [0.29, 0.717) is 0 Å². The van der Waals surface area contributed by atoms with Gasteiger partial charge in [-0.2, -0.15) is 0 Å². The van der Waals surface area contributed by atoms with Gasteiger partial charge in [0.2, 0.25) is 0 Å². The molecule has 1 unspecified atom stereocenters. The molecule has 0 amide bonds. The van der Waals surface area contributed by atoms with Gasteiger partial charge in [-0.25, -0.2) is 0 Å². The Kier molecular flexibility index (Phi) is 3.28. The number of aliphatic carboxylic acids is 2. The molecular weight excluding hydrogens is 184 g/mol. The zero-order valence-corrected chi connectivity index (χ0v) is 8.06. The van der Waals surface area contributed by atoms with E-state index < -0.39 is 23.8 Å². The molecule has 1 aliphatic rings. The normalized spacial score (nSPS) is 18.0. The smallest absolute Gasteiger partial charge is 0.318 e. The van der Waals surface area contributed by atoms with E-state index in [2.05, 4.69) is 0 Å². The third-order valence-corrected chi connectivity index (χ3v) is 2.69. The Hall–Kier alpha value is -1.32. The van der Waals surface area contributed by atoms with Crippen LogP contribution in [0.25, 0.3) is 0 Å². The van der Waals surface area contributed by atoms with Crippen LogP contribution in [0.1, 0.15) is 26.2 Å². The fraction of sp³-hybridized carbons (Fsp3) is 0.600. The number of hydrogen-bond acceptors (Lipinski definition) is 2. The van der Waals surface area contributed by atoms with Crippen molar-refractivity contribution in [2.75, 3.05) is 0 Å². The van der Waals surface area contributed by atoms with Gasteiger partial charge in [0.05, 0.1) is 0 Å². The summed E-state index contributed by atoms with van der Waals surface area (Å²) in [4.78, 5) is 21.5. The van der Waals surface area contributed by atoms with Crippen LogP contribution in [-0.2, 0) is 9.59 Å². The molecule has 1 rings (SSSR count). The maximum absolute atomic E-state index is 10.7. The molecule has 0 radical (unpaired) electrons. The van der Waals surface area contributed by atoms with Crippen LogP contribution in [0, 0.1) is 11.8 Å². The molecule has 2 N–H and O–H groups in total. The lowest BCUT2D eigenvalue weighted by atomic mass is 9.87. The lowest BCUT2D eigenvalue weighted by Gasteiger charge is -2.17. The fourth-order valence-electron chi connectivity index (χ4n) is 1.86. The summed E-state index contributed by atoms with van der Waals surface area (Å²) >= 11 is 0. The summed E-state index contributed by atoms with van der Waals surface area (Å²) in [6.07, 6.45) is 4.74. The van der Waals surface area contributed by atoms with Gasteiger partial charge in [0.1, 0.15) is 0 Å². The minimum Gasteiger partial charge on any atom is -0.481 e. The number of allylic oxidation sites excluding steroid dienone is 2. The van der Waals surface area contributed by atoms with Gasteiger partial charge in [-0.3, -0.25) is 9.59 Å². The monoisotopic (exact) mass is 198 g/mol. The lowest BCUT2D eigenvalue weighted by molar-refractivity contribution is -0.156. The van der Waals surface area contributed by atoms with Crippen LogP contribution in [0.15, 0.2) is 11.6 Å². The largest absolute Gasteiger partial charge is 0.481 e. The topological polar surface area (TPSA) is 74.6 Å². The second-order valence-electron chi connectivity index (χ2n) is 3.61. The second-order valence-corrected chi connectivity index (χ2v) is 3.61. The van der Waals surface area contributed by atoms with Crippen molar-refractivity contribution < 1.29 is 19.8 Å². The molecule has 0 spiro atoms. The van der Waals surface area contributed by atoms with Crippen LogP contribution in [0.3, 0.4) is 0 Å². The molecule has 0 aliphatic heterocycles. The Morgan fingerprint density at radius 3 is 2.29 bits per heavy atom. The SMILES string of the molecule is CC(C1=CCCC1)C(C(=O)O)C(=O)O. The van der Waals surface area contributed by atoms with E-state index in [1.54, 1.807) is 6.92 Å². The molecule has 14 heavy (non-hydrogen) atoms. The predicted octanol–water partition coefficient (Wildman–Crippen LogP) is 1.52. The van der Waals surface area contributed by atoms with Crippen molar-refractivity contribution in [3.63, 3.8) is 0 Å². The van der Waals surface area contributed by atoms with E-state index in [1.165, 1.54) is 0 Å². The number of carboxylic acids is 2. The summed E-state index contributed by atoms with van der Waals surface area (Å²) in [5.74, 6) is -4.21. The minimum atomic E-state index is -1.31. The average molecular weight is 198 g/mol. The summed E-state index contributed by atoms with van der Waals surface area (Å²) in [6.45, 7) is 1.67. The van der Waals surface area contributed by atoms with E-state index in [4.69, 9.17) is 10.2 Å². The molecule has 0 saturated carbocycles. The molecule has 4 heteroatoms. The fourth-order valence-corrected chi connectivity index (χ4v) is 1.86. The highest BCUT2D eigenvalue weighted by molar-refractivity contribution is 5.93. The van der Waals surface area contributed by atoms with E-state index >= 15 is 0 Å². The first-order chi connectivity index (χ1) is 6.54. The molecule has 1 aliphatic carbocycles. The number of carboxylic acid groups (broad SMARTS) is 2. The van der Waals surface area contributed by atoms with Crippen LogP contribution in [0.2, 0.25) is 0 Å². The number of carbonyl (C=O) groups is 2. The molecule has 0 aromatic carbocycles. The minimum absolute atomic E-state index is 0.396. The van der Waals surface area contributed by atoms with Gasteiger partial charge in [-0.15, -0.1) is 0 Å². The third kappa shape index (κ3) is 2.13. The molecule has 4 nitrogen and oxygen atoms in total. The standard InChI is InChI=1S/C10H14O4/c1-6(7-4-2-3-5-7)8(9(11)12)10(13)14/h4,6,8H,2-3,5H2,1H3,(H,11,12)(H,13,14). The summed E-state index contributed by atoms with van der Waals surface area (Å²) in [6, 6.07) is 0. The summed E-state index contributed by atoms with van der Waals surface area (Å²) in [5.41, 5.74) is 0.972. The second kappa shape index (κ2) is 4.26.